The summed E-state index contributed by atoms with van der Waals surface area (Å²) in [5.74, 6) is 0. The number of ether oxygens (including phenoxy) is 5. The number of rotatable bonds is 44. The van der Waals surface area contributed by atoms with Gasteiger partial charge in [0, 0.05) is 0 Å². The predicted octanol–water partition coefficient (Wildman–Crippen LogP) is 8.72. The first-order valence-corrected chi connectivity index (χ1v) is 22.3. The number of nitrogens with zero attached hydrogens (tertiary/aromatic N) is 1. The van der Waals surface area contributed by atoms with E-state index in [-0.39, 0.29) is 29.7 Å². The maximum absolute atomic E-state index is 8.75. The molecule has 1 unspecified atom stereocenters. The van der Waals surface area contributed by atoms with Crippen LogP contribution in [0, 0.1) is 0 Å². The first kappa shape index (κ1) is 54.5. The van der Waals surface area contributed by atoms with Gasteiger partial charge in [-0.3, -0.25) is 0 Å². The number of hydrogen-bond donors (Lipinski definition) is 1. The van der Waals surface area contributed by atoms with E-state index in [1.807, 2.05) is 12.5 Å². The van der Waals surface area contributed by atoms with Crippen molar-refractivity contribution in [3.8, 4) is 0 Å². The molecule has 318 valence electrons. The van der Waals surface area contributed by atoms with Gasteiger partial charge in [-0.1, -0.05) is 155 Å². The van der Waals surface area contributed by atoms with Crippen molar-refractivity contribution in [2.45, 2.75) is 187 Å². The van der Waals surface area contributed by atoms with Gasteiger partial charge in [-0.15, -0.1) is 0 Å². The van der Waals surface area contributed by atoms with Crippen LogP contribution in [0.25, 0.3) is 0 Å². The van der Waals surface area contributed by atoms with Gasteiger partial charge in [0.25, 0.3) is 0 Å². The fourth-order valence-electron chi connectivity index (χ4n) is 6.44. The van der Waals surface area contributed by atoms with E-state index < -0.39 is 0 Å². The molecule has 0 saturated carbocycles. The summed E-state index contributed by atoms with van der Waals surface area (Å²) < 4.78 is 29.6. The maximum Gasteiger partial charge on any atom is 0.180 e. The van der Waals surface area contributed by atoms with Crippen molar-refractivity contribution in [3.63, 3.8) is 0 Å². The van der Waals surface area contributed by atoms with Crippen molar-refractivity contribution in [3.05, 3.63) is 24.7 Å². The molecular weight excluding hydrogens is 730 g/mol. The van der Waals surface area contributed by atoms with Crippen LogP contribution in [0.3, 0.4) is 0 Å². The Morgan fingerprint density at radius 1 is 0.491 bits per heavy atom. The minimum absolute atomic E-state index is 0. The highest BCUT2D eigenvalue weighted by atomic mass is 79.9. The molecule has 0 aromatic heterocycles. The summed E-state index contributed by atoms with van der Waals surface area (Å²) in [6.45, 7) is 10.0. The molecule has 1 atom stereocenters. The molecule has 0 aromatic carbocycles. The molecule has 0 radical (unpaired) electrons. The molecule has 0 aromatic rings. The summed E-state index contributed by atoms with van der Waals surface area (Å²) in [5.41, 5.74) is 0. The average Bonchev–Trinajstić information content (AvgIpc) is 3.13. The van der Waals surface area contributed by atoms with E-state index in [0.29, 0.717) is 46.2 Å². The lowest BCUT2D eigenvalue weighted by molar-refractivity contribution is -0.893. The summed E-state index contributed by atoms with van der Waals surface area (Å²) in [6, 6.07) is 0. The Morgan fingerprint density at radius 3 is 1.30 bits per heavy atom. The van der Waals surface area contributed by atoms with Crippen LogP contribution in [0.15, 0.2) is 24.7 Å². The Labute approximate surface area is 340 Å². The smallest absolute Gasteiger partial charge is 0.180 e. The van der Waals surface area contributed by atoms with Crippen molar-refractivity contribution >= 4 is 0 Å². The van der Waals surface area contributed by atoms with Gasteiger partial charge in [0.05, 0.1) is 72.9 Å². The van der Waals surface area contributed by atoms with Crippen LogP contribution in [-0.4, -0.2) is 95.7 Å². The average molecular weight is 821 g/mol. The summed E-state index contributed by atoms with van der Waals surface area (Å²) in [5, 5.41) is 8.75. The standard InChI is InChI=1S/C45H90NO6.BrH/c1-5-7-9-11-13-15-17-19-21-23-25-27-29-31-35-51-44-45(43-46(3,4)33-37-48-39-41-50-42-40-49-38-34-47)52-36-32-30-28-26-24-22-20-18-16-14-12-10-8-6-2;/h31-32,35-36,45,47H,5-30,33-34,37-44H2,1-4H3;1H/q+1;/p-1. The van der Waals surface area contributed by atoms with Crippen molar-refractivity contribution < 1.29 is 50.3 Å². The monoisotopic (exact) mass is 820 g/mol. The number of halogens is 1. The summed E-state index contributed by atoms with van der Waals surface area (Å²) in [7, 11) is 4.46. The number of allylic oxidation sites excluding steroid dienone is 2. The van der Waals surface area contributed by atoms with Crippen molar-refractivity contribution in [2.24, 2.45) is 0 Å². The molecule has 0 bridgehead atoms. The van der Waals surface area contributed by atoms with Gasteiger partial charge in [0.1, 0.15) is 19.7 Å². The molecule has 0 amide bonds. The molecule has 0 aliphatic heterocycles. The van der Waals surface area contributed by atoms with Gasteiger partial charge in [-0.05, 0) is 37.8 Å². The van der Waals surface area contributed by atoms with E-state index in [1.165, 1.54) is 154 Å². The zero-order valence-corrected chi connectivity index (χ0v) is 37.2. The third-order valence-electron chi connectivity index (χ3n) is 9.81. The van der Waals surface area contributed by atoms with Gasteiger partial charge in [0.15, 0.2) is 6.10 Å². The molecule has 7 nitrogen and oxygen atoms in total. The topological polar surface area (TPSA) is 66.4 Å². The predicted molar refractivity (Wildman–Crippen MR) is 222 cm³/mol. The van der Waals surface area contributed by atoms with E-state index in [4.69, 9.17) is 28.8 Å². The van der Waals surface area contributed by atoms with Gasteiger partial charge < -0.3 is 50.3 Å². The molecular formula is C45H90BrNO6. The molecule has 53 heavy (non-hydrogen) atoms. The van der Waals surface area contributed by atoms with Crippen molar-refractivity contribution in [1.82, 2.24) is 0 Å². The normalized spacial score (nSPS) is 12.5. The second-order valence-electron chi connectivity index (χ2n) is 15.6. The highest BCUT2D eigenvalue weighted by Crippen LogP contribution is 2.14. The Hall–Kier alpha value is -0.640. The SMILES string of the molecule is CCCCCCCCCCCCCCC=COCC(C[N+](C)(C)CCOCCOCCOCCO)OC=CCCCCCCCCCCCCCC.[Br-]. The minimum Gasteiger partial charge on any atom is -1.00 e. The molecule has 0 rings (SSSR count). The first-order chi connectivity index (χ1) is 25.6. The number of aliphatic hydroxyl groups excluding tert-OH is 1. The summed E-state index contributed by atoms with van der Waals surface area (Å²) in [6.07, 6.45) is 43.4. The maximum atomic E-state index is 8.75. The molecule has 0 aliphatic carbocycles. The number of quaternary nitrogens is 1. The number of aliphatic hydroxyl groups is 1. The Balaban J connectivity index is 0. The van der Waals surface area contributed by atoms with Crippen molar-refractivity contribution in [1.29, 1.82) is 0 Å². The lowest BCUT2D eigenvalue weighted by Gasteiger charge is -2.32. The molecule has 1 N–H and O–H groups in total. The van der Waals surface area contributed by atoms with Gasteiger partial charge in [-0.25, -0.2) is 0 Å². The second-order valence-corrected chi connectivity index (χ2v) is 15.6. The van der Waals surface area contributed by atoms with E-state index in [1.54, 1.807) is 0 Å². The number of hydrogen-bond acceptors (Lipinski definition) is 6. The van der Waals surface area contributed by atoms with Crippen LogP contribution in [-0.2, 0) is 23.7 Å². The third-order valence-corrected chi connectivity index (χ3v) is 9.81. The third kappa shape index (κ3) is 45.6. The quantitative estimate of drug-likeness (QED) is 0.0377. The molecule has 0 heterocycles. The fourth-order valence-corrected chi connectivity index (χ4v) is 6.44. The van der Waals surface area contributed by atoms with E-state index in [9.17, 15) is 0 Å². The van der Waals surface area contributed by atoms with Crippen LogP contribution in [0.4, 0.5) is 0 Å². The van der Waals surface area contributed by atoms with Crippen LogP contribution in [0.5, 0.6) is 0 Å². The second kappa shape index (κ2) is 45.7. The Kier molecular flexibility index (Phi) is 47.0. The lowest BCUT2D eigenvalue weighted by Crippen LogP contribution is -3.00. The number of unbranched alkanes of at least 4 members (excludes halogenated alkanes) is 24. The van der Waals surface area contributed by atoms with Gasteiger partial charge in [0.2, 0.25) is 0 Å². The zero-order chi connectivity index (χ0) is 37.9. The van der Waals surface area contributed by atoms with Crippen LogP contribution in [0.2, 0.25) is 0 Å². The Morgan fingerprint density at radius 2 is 0.868 bits per heavy atom. The van der Waals surface area contributed by atoms with E-state index in [2.05, 4.69) is 40.1 Å². The molecule has 0 aliphatic rings. The fraction of sp³-hybridized carbons (Fsp3) is 0.911. The van der Waals surface area contributed by atoms with Crippen LogP contribution < -0.4 is 17.0 Å². The lowest BCUT2D eigenvalue weighted by atomic mass is 10.0. The highest BCUT2D eigenvalue weighted by Gasteiger charge is 2.23. The van der Waals surface area contributed by atoms with Gasteiger partial charge in [-0.2, -0.15) is 0 Å². The van der Waals surface area contributed by atoms with Crippen molar-refractivity contribution in [2.75, 3.05) is 80.0 Å². The van der Waals surface area contributed by atoms with E-state index >= 15 is 0 Å². The summed E-state index contributed by atoms with van der Waals surface area (Å²) >= 11 is 0. The molecule has 0 saturated heterocycles. The van der Waals surface area contributed by atoms with Crippen LogP contribution >= 0.6 is 0 Å². The zero-order valence-electron chi connectivity index (χ0n) is 35.7. The molecule has 0 fully saturated rings. The first-order valence-electron chi connectivity index (χ1n) is 22.3. The van der Waals surface area contributed by atoms with Gasteiger partial charge >= 0.3 is 0 Å². The number of likely N-dealkylation sites (N-methyl/N-ethyl adjacent to an activating group) is 1. The molecule has 8 heteroatoms. The molecule has 0 spiro atoms. The minimum atomic E-state index is -0.0215. The summed E-state index contributed by atoms with van der Waals surface area (Å²) in [4.78, 5) is 0. The Bertz CT molecular complexity index is 738. The van der Waals surface area contributed by atoms with E-state index in [0.717, 1.165) is 30.4 Å². The van der Waals surface area contributed by atoms with Crippen LogP contribution in [0.1, 0.15) is 181 Å². The largest absolute Gasteiger partial charge is 1.00 e. The highest BCUT2D eigenvalue weighted by molar-refractivity contribution is 4.77.